The Kier molecular flexibility index (Phi) is 3.59. The van der Waals surface area contributed by atoms with E-state index in [-0.39, 0.29) is 5.56 Å². The van der Waals surface area contributed by atoms with Gasteiger partial charge >= 0.3 is 5.69 Å². The number of phenols is 1. The van der Waals surface area contributed by atoms with Crippen LogP contribution < -0.4 is 5.73 Å². The van der Waals surface area contributed by atoms with E-state index in [1.54, 1.807) is 0 Å². The van der Waals surface area contributed by atoms with Crippen molar-refractivity contribution >= 4 is 21.6 Å². The molecular formula is C8H8BrFN2O3. The first-order chi connectivity index (χ1) is 6.97. The summed E-state index contributed by atoms with van der Waals surface area (Å²) in [5, 5.41) is 20.0. The number of nitrogens with two attached hydrogens (primary N) is 1. The molecule has 0 unspecified atom stereocenters. The third kappa shape index (κ3) is 2.42. The van der Waals surface area contributed by atoms with Crippen molar-refractivity contribution in [1.82, 2.24) is 0 Å². The number of phenolic OH excluding ortho intramolecular Hbond substituents is 1. The molecule has 0 aliphatic heterocycles. The Balaban J connectivity index is 3.34. The molecule has 0 aliphatic rings. The first-order valence-corrected chi connectivity index (χ1v) is 4.75. The molecule has 5 nitrogen and oxygen atoms in total. The van der Waals surface area contributed by atoms with E-state index >= 15 is 0 Å². The standard InChI is InChI=1S/C8H8BrFN2O3/c9-4-1-5(6(11)3-10)8(13)7(2-4)12(14)15/h1-2,6,13H,3,11H2/t6-/m0/s1. The summed E-state index contributed by atoms with van der Waals surface area (Å²) in [5.41, 5.74) is 4.87. The zero-order valence-electron chi connectivity index (χ0n) is 7.48. The van der Waals surface area contributed by atoms with Gasteiger partial charge in [0, 0.05) is 16.1 Å². The van der Waals surface area contributed by atoms with Crippen molar-refractivity contribution in [2.24, 2.45) is 5.73 Å². The highest BCUT2D eigenvalue weighted by atomic mass is 79.9. The van der Waals surface area contributed by atoms with E-state index in [0.29, 0.717) is 4.47 Å². The van der Waals surface area contributed by atoms with Gasteiger partial charge in [0.05, 0.1) is 11.0 Å². The minimum atomic E-state index is -1.07. The third-order valence-electron chi connectivity index (χ3n) is 1.85. The lowest BCUT2D eigenvalue weighted by atomic mass is 10.1. The number of nitro benzene ring substituents is 1. The van der Waals surface area contributed by atoms with Gasteiger partial charge in [-0.3, -0.25) is 10.1 Å². The van der Waals surface area contributed by atoms with Gasteiger partial charge in [-0.1, -0.05) is 15.9 Å². The van der Waals surface area contributed by atoms with Crippen LogP contribution in [0.5, 0.6) is 5.75 Å². The normalized spacial score (nSPS) is 12.5. The van der Waals surface area contributed by atoms with Crippen LogP contribution >= 0.6 is 15.9 Å². The minimum absolute atomic E-state index is 0.0126. The van der Waals surface area contributed by atoms with Crippen molar-refractivity contribution < 1.29 is 14.4 Å². The molecule has 82 valence electrons. The molecule has 1 rings (SSSR count). The van der Waals surface area contributed by atoms with Crippen molar-refractivity contribution in [3.05, 3.63) is 32.3 Å². The minimum Gasteiger partial charge on any atom is -0.502 e. The van der Waals surface area contributed by atoms with Crippen LogP contribution in [0, 0.1) is 10.1 Å². The monoisotopic (exact) mass is 278 g/mol. The molecule has 0 aliphatic carbocycles. The Hall–Kier alpha value is -1.21. The lowest BCUT2D eigenvalue weighted by molar-refractivity contribution is -0.386. The van der Waals surface area contributed by atoms with E-state index < -0.39 is 29.1 Å². The summed E-state index contributed by atoms with van der Waals surface area (Å²) in [6, 6.07) is 1.41. The van der Waals surface area contributed by atoms with Crippen molar-refractivity contribution in [1.29, 1.82) is 0 Å². The van der Waals surface area contributed by atoms with E-state index in [9.17, 15) is 19.6 Å². The Morgan fingerprint density at radius 1 is 1.67 bits per heavy atom. The summed E-state index contributed by atoms with van der Waals surface area (Å²) < 4.78 is 12.7. The summed E-state index contributed by atoms with van der Waals surface area (Å²) in [5.74, 6) is -0.589. The van der Waals surface area contributed by atoms with Gasteiger partial charge < -0.3 is 10.8 Å². The Bertz CT molecular complexity index is 400. The maximum absolute atomic E-state index is 12.3. The number of rotatable bonds is 3. The van der Waals surface area contributed by atoms with Crippen molar-refractivity contribution in [3.8, 4) is 5.75 Å². The average molecular weight is 279 g/mol. The molecular weight excluding hydrogens is 271 g/mol. The lowest BCUT2D eigenvalue weighted by Crippen LogP contribution is -2.12. The molecule has 0 saturated carbocycles. The van der Waals surface area contributed by atoms with Gasteiger partial charge in [0.25, 0.3) is 0 Å². The maximum Gasteiger partial charge on any atom is 0.312 e. The fraction of sp³-hybridized carbons (Fsp3) is 0.250. The fourth-order valence-electron chi connectivity index (χ4n) is 1.11. The molecule has 0 heterocycles. The van der Waals surface area contributed by atoms with Crippen LogP contribution in [0.1, 0.15) is 11.6 Å². The second kappa shape index (κ2) is 4.54. The summed E-state index contributed by atoms with van der Waals surface area (Å²) in [6.45, 7) is -0.902. The van der Waals surface area contributed by atoms with Crippen LogP contribution in [-0.2, 0) is 0 Å². The van der Waals surface area contributed by atoms with Crippen molar-refractivity contribution in [2.75, 3.05) is 6.67 Å². The van der Waals surface area contributed by atoms with Gasteiger partial charge in [-0.25, -0.2) is 4.39 Å². The largest absolute Gasteiger partial charge is 0.502 e. The van der Waals surface area contributed by atoms with Gasteiger partial charge in [0.15, 0.2) is 5.75 Å². The smallest absolute Gasteiger partial charge is 0.312 e. The Labute approximate surface area is 93.0 Å². The molecule has 0 saturated heterocycles. The van der Waals surface area contributed by atoms with E-state index in [1.165, 1.54) is 6.07 Å². The average Bonchev–Trinajstić information content (AvgIpc) is 2.19. The SMILES string of the molecule is N[C@@H](CF)c1cc(Br)cc([N+](=O)[O-])c1O. The fourth-order valence-corrected chi connectivity index (χ4v) is 1.57. The zero-order chi connectivity index (χ0) is 11.6. The predicted molar refractivity (Wildman–Crippen MR) is 55.4 cm³/mol. The number of nitrogens with zero attached hydrogens (tertiary/aromatic N) is 1. The van der Waals surface area contributed by atoms with Crippen LogP contribution in [-0.4, -0.2) is 16.7 Å². The molecule has 0 spiro atoms. The molecule has 15 heavy (non-hydrogen) atoms. The maximum atomic E-state index is 12.3. The van der Waals surface area contributed by atoms with Crippen LogP contribution in [0.15, 0.2) is 16.6 Å². The number of hydrogen-bond acceptors (Lipinski definition) is 4. The molecule has 1 aromatic rings. The molecule has 1 atom stereocenters. The van der Waals surface area contributed by atoms with Gasteiger partial charge in [0.1, 0.15) is 6.67 Å². The summed E-state index contributed by atoms with van der Waals surface area (Å²) in [4.78, 5) is 9.77. The van der Waals surface area contributed by atoms with Crippen LogP contribution in [0.3, 0.4) is 0 Å². The second-order valence-corrected chi connectivity index (χ2v) is 3.80. The van der Waals surface area contributed by atoms with Crippen LogP contribution in [0.25, 0.3) is 0 Å². The molecule has 1 aromatic carbocycles. The van der Waals surface area contributed by atoms with Gasteiger partial charge in [0.2, 0.25) is 0 Å². The Morgan fingerprint density at radius 2 is 2.27 bits per heavy atom. The van der Waals surface area contributed by atoms with E-state index in [0.717, 1.165) is 6.07 Å². The predicted octanol–water partition coefficient (Wildman–Crippen LogP) is 2.03. The van der Waals surface area contributed by atoms with Gasteiger partial charge in [-0.2, -0.15) is 0 Å². The van der Waals surface area contributed by atoms with E-state index in [4.69, 9.17) is 5.73 Å². The summed E-state index contributed by atoms with van der Waals surface area (Å²) in [7, 11) is 0. The molecule has 0 bridgehead atoms. The number of benzene rings is 1. The highest BCUT2D eigenvalue weighted by molar-refractivity contribution is 9.10. The highest BCUT2D eigenvalue weighted by Gasteiger charge is 2.21. The summed E-state index contributed by atoms with van der Waals surface area (Å²) >= 11 is 3.02. The molecule has 7 heteroatoms. The lowest BCUT2D eigenvalue weighted by Gasteiger charge is -2.10. The Morgan fingerprint density at radius 3 is 2.73 bits per heavy atom. The van der Waals surface area contributed by atoms with Gasteiger partial charge in [-0.15, -0.1) is 0 Å². The first-order valence-electron chi connectivity index (χ1n) is 3.95. The van der Waals surface area contributed by atoms with Crippen LogP contribution in [0.4, 0.5) is 10.1 Å². The molecule has 0 aromatic heterocycles. The molecule has 0 radical (unpaired) electrons. The quantitative estimate of drug-likeness (QED) is 0.654. The zero-order valence-corrected chi connectivity index (χ0v) is 9.07. The van der Waals surface area contributed by atoms with E-state index in [1.807, 2.05) is 0 Å². The number of aromatic hydroxyl groups is 1. The van der Waals surface area contributed by atoms with Crippen LogP contribution in [0.2, 0.25) is 0 Å². The van der Waals surface area contributed by atoms with E-state index in [2.05, 4.69) is 15.9 Å². The number of hydrogen-bond donors (Lipinski definition) is 2. The molecule has 3 N–H and O–H groups in total. The first kappa shape index (κ1) is 11.9. The second-order valence-electron chi connectivity index (χ2n) is 2.88. The third-order valence-corrected chi connectivity index (χ3v) is 2.30. The number of halogens is 2. The highest BCUT2D eigenvalue weighted by Crippen LogP contribution is 2.36. The molecule has 0 amide bonds. The topological polar surface area (TPSA) is 89.4 Å². The van der Waals surface area contributed by atoms with Crippen molar-refractivity contribution in [3.63, 3.8) is 0 Å². The van der Waals surface area contributed by atoms with Gasteiger partial charge in [-0.05, 0) is 6.07 Å². The molecule has 0 fully saturated rings. The number of nitro groups is 1. The summed E-state index contributed by atoms with van der Waals surface area (Å²) in [6.07, 6.45) is 0. The number of alkyl halides is 1. The van der Waals surface area contributed by atoms with Crippen molar-refractivity contribution in [2.45, 2.75) is 6.04 Å².